The van der Waals surface area contributed by atoms with E-state index in [1.807, 2.05) is 0 Å². The molecule has 0 aliphatic rings. The average Bonchev–Trinajstić information content (AvgIpc) is 2.51. The van der Waals surface area contributed by atoms with Crippen LogP contribution in [0.4, 0.5) is 0 Å². The van der Waals surface area contributed by atoms with E-state index < -0.39 is 0 Å². The third kappa shape index (κ3) is 1.55. The Morgan fingerprint density at radius 1 is 1.20 bits per heavy atom. The molecule has 2 heteroatoms. The van der Waals surface area contributed by atoms with E-state index in [0.717, 1.165) is 6.42 Å². The molecule has 1 aromatic carbocycles. The van der Waals surface area contributed by atoms with Gasteiger partial charge in [0.25, 0.3) is 0 Å². The molecule has 1 N–H and O–H groups in total. The standard InChI is InChI=1S/C13H17NO/c1-9-4-5-10(2)13-12(9)11(6-7-15)8-14(13)3/h4-5,8,15H,6-7H2,1-3H3. The quantitative estimate of drug-likeness (QED) is 0.796. The number of rotatable bonds is 2. The molecular weight excluding hydrogens is 186 g/mol. The largest absolute Gasteiger partial charge is 0.396 e. The Labute approximate surface area is 90.2 Å². The Morgan fingerprint density at radius 3 is 2.53 bits per heavy atom. The highest BCUT2D eigenvalue weighted by Crippen LogP contribution is 2.27. The van der Waals surface area contributed by atoms with E-state index >= 15 is 0 Å². The smallest absolute Gasteiger partial charge is 0.0512 e. The van der Waals surface area contributed by atoms with Gasteiger partial charge in [-0.1, -0.05) is 12.1 Å². The number of aromatic nitrogens is 1. The predicted octanol–water partition coefficient (Wildman–Crippen LogP) is 2.33. The van der Waals surface area contributed by atoms with E-state index in [-0.39, 0.29) is 6.61 Å². The van der Waals surface area contributed by atoms with Crippen LogP contribution in [0, 0.1) is 13.8 Å². The first-order chi connectivity index (χ1) is 7.15. The maximum absolute atomic E-state index is 9.04. The van der Waals surface area contributed by atoms with Gasteiger partial charge in [-0.2, -0.15) is 0 Å². The molecule has 1 aromatic heterocycles. The van der Waals surface area contributed by atoms with Gasteiger partial charge in [-0.15, -0.1) is 0 Å². The molecule has 80 valence electrons. The lowest BCUT2D eigenvalue weighted by Gasteiger charge is -2.04. The van der Waals surface area contributed by atoms with Crippen molar-refractivity contribution in [2.75, 3.05) is 6.61 Å². The van der Waals surface area contributed by atoms with Crippen LogP contribution in [0.5, 0.6) is 0 Å². The molecule has 0 amide bonds. The van der Waals surface area contributed by atoms with Gasteiger partial charge in [0.1, 0.15) is 0 Å². The number of aliphatic hydroxyl groups is 1. The van der Waals surface area contributed by atoms with Gasteiger partial charge in [0.2, 0.25) is 0 Å². The lowest BCUT2D eigenvalue weighted by Crippen LogP contribution is -1.90. The fraction of sp³-hybridized carbons (Fsp3) is 0.385. The van der Waals surface area contributed by atoms with Crippen LogP contribution in [-0.2, 0) is 13.5 Å². The lowest BCUT2D eigenvalue weighted by atomic mass is 10.0. The number of hydrogen-bond acceptors (Lipinski definition) is 1. The van der Waals surface area contributed by atoms with E-state index in [1.165, 1.54) is 27.6 Å². The average molecular weight is 203 g/mol. The molecule has 0 radical (unpaired) electrons. The second-order valence-electron chi connectivity index (χ2n) is 4.16. The van der Waals surface area contributed by atoms with Crippen molar-refractivity contribution in [3.8, 4) is 0 Å². The fourth-order valence-electron chi connectivity index (χ4n) is 2.33. The maximum Gasteiger partial charge on any atom is 0.0512 e. The van der Waals surface area contributed by atoms with Crippen molar-refractivity contribution in [2.24, 2.45) is 7.05 Å². The van der Waals surface area contributed by atoms with Crippen molar-refractivity contribution < 1.29 is 5.11 Å². The minimum absolute atomic E-state index is 0.215. The topological polar surface area (TPSA) is 25.2 Å². The minimum atomic E-state index is 0.215. The van der Waals surface area contributed by atoms with Crippen molar-refractivity contribution in [3.63, 3.8) is 0 Å². The third-order valence-electron chi connectivity index (χ3n) is 2.99. The number of aliphatic hydroxyl groups excluding tert-OH is 1. The summed E-state index contributed by atoms with van der Waals surface area (Å²) in [5.74, 6) is 0. The summed E-state index contributed by atoms with van der Waals surface area (Å²) >= 11 is 0. The molecule has 0 saturated heterocycles. The number of hydrogen-bond donors (Lipinski definition) is 1. The second kappa shape index (κ2) is 3.70. The molecular formula is C13H17NO. The molecule has 0 aliphatic heterocycles. The first kappa shape index (κ1) is 10.2. The van der Waals surface area contributed by atoms with Gasteiger partial charge < -0.3 is 9.67 Å². The molecule has 1 heterocycles. The molecule has 0 fully saturated rings. The highest BCUT2D eigenvalue weighted by atomic mass is 16.2. The summed E-state index contributed by atoms with van der Waals surface area (Å²) in [6.07, 6.45) is 2.86. The van der Waals surface area contributed by atoms with Crippen molar-refractivity contribution in [2.45, 2.75) is 20.3 Å². The molecule has 2 rings (SSSR count). The first-order valence-corrected chi connectivity index (χ1v) is 5.30. The SMILES string of the molecule is Cc1ccc(C)c2c1c(CCO)cn2C. The zero-order valence-corrected chi connectivity index (χ0v) is 9.54. The van der Waals surface area contributed by atoms with Crippen LogP contribution in [0.15, 0.2) is 18.3 Å². The molecule has 15 heavy (non-hydrogen) atoms. The number of nitrogens with zero attached hydrogens (tertiary/aromatic N) is 1. The number of aryl methyl sites for hydroxylation is 3. The number of benzene rings is 1. The first-order valence-electron chi connectivity index (χ1n) is 5.30. The fourth-order valence-corrected chi connectivity index (χ4v) is 2.33. The Morgan fingerprint density at radius 2 is 1.87 bits per heavy atom. The van der Waals surface area contributed by atoms with E-state index in [2.05, 4.69) is 43.8 Å². The van der Waals surface area contributed by atoms with Gasteiger partial charge in [-0.05, 0) is 37.0 Å². The van der Waals surface area contributed by atoms with Crippen molar-refractivity contribution in [3.05, 3.63) is 35.0 Å². The van der Waals surface area contributed by atoms with Crippen LogP contribution in [-0.4, -0.2) is 16.3 Å². The summed E-state index contributed by atoms with van der Waals surface area (Å²) in [7, 11) is 2.07. The van der Waals surface area contributed by atoms with Crippen molar-refractivity contribution in [1.29, 1.82) is 0 Å². The van der Waals surface area contributed by atoms with Gasteiger partial charge in [0, 0.05) is 25.2 Å². The molecule has 0 bridgehead atoms. The van der Waals surface area contributed by atoms with Gasteiger partial charge in [0.15, 0.2) is 0 Å². The highest BCUT2D eigenvalue weighted by molar-refractivity contribution is 5.89. The molecule has 2 aromatic rings. The third-order valence-corrected chi connectivity index (χ3v) is 2.99. The van der Waals surface area contributed by atoms with Crippen LogP contribution in [0.25, 0.3) is 10.9 Å². The minimum Gasteiger partial charge on any atom is -0.396 e. The summed E-state index contributed by atoms with van der Waals surface area (Å²) in [6.45, 7) is 4.47. The highest BCUT2D eigenvalue weighted by Gasteiger charge is 2.10. The second-order valence-corrected chi connectivity index (χ2v) is 4.16. The van der Waals surface area contributed by atoms with Crippen LogP contribution in [0.2, 0.25) is 0 Å². The molecule has 0 spiro atoms. The van der Waals surface area contributed by atoms with E-state index in [1.54, 1.807) is 0 Å². The van der Waals surface area contributed by atoms with Crippen molar-refractivity contribution >= 4 is 10.9 Å². The molecule has 2 nitrogen and oxygen atoms in total. The molecule has 0 unspecified atom stereocenters. The van der Waals surface area contributed by atoms with E-state index in [0.29, 0.717) is 0 Å². The zero-order valence-electron chi connectivity index (χ0n) is 9.54. The van der Waals surface area contributed by atoms with Gasteiger partial charge in [-0.25, -0.2) is 0 Å². The summed E-state index contributed by atoms with van der Waals surface area (Å²) in [4.78, 5) is 0. The summed E-state index contributed by atoms with van der Waals surface area (Å²) in [6, 6.07) is 4.30. The Bertz CT molecular complexity index is 497. The normalized spacial score (nSPS) is 11.2. The van der Waals surface area contributed by atoms with Gasteiger partial charge >= 0.3 is 0 Å². The van der Waals surface area contributed by atoms with Crippen LogP contribution >= 0.6 is 0 Å². The van der Waals surface area contributed by atoms with Gasteiger partial charge in [-0.3, -0.25) is 0 Å². The zero-order chi connectivity index (χ0) is 11.0. The Hall–Kier alpha value is -1.28. The molecule has 0 aliphatic carbocycles. The lowest BCUT2D eigenvalue weighted by molar-refractivity contribution is 0.300. The Kier molecular flexibility index (Phi) is 2.53. The number of fused-ring (bicyclic) bond motifs is 1. The van der Waals surface area contributed by atoms with Gasteiger partial charge in [0.05, 0.1) is 5.52 Å². The van der Waals surface area contributed by atoms with Crippen LogP contribution in [0.3, 0.4) is 0 Å². The predicted molar refractivity (Wildman–Crippen MR) is 63.2 cm³/mol. The molecule has 0 saturated carbocycles. The Balaban J connectivity index is 2.80. The van der Waals surface area contributed by atoms with E-state index in [4.69, 9.17) is 5.11 Å². The summed E-state index contributed by atoms with van der Waals surface area (Å²) in [5.41, 5.74) is 5.12. The summed E-state index contributed by atoms with van der Waals surface area (Å²) < 4.78 is 2.16. The molecule has 0 atom stereocenters. The van der Waals surface area contributed by atoms with Crippen LogP contribution < -0.4 is 0 Å². The monoisotopic (exact) mass is 203 g/mol. The van der Waals surface area contributed by atoms with E-state index in [9.17, 15) is 0 Å². The summed E-state index contributed by atoms with van der Waals surface area (Å²) in [5, 5.41) is 10.4. The maximum atomic E-state index is 9.04. The van der Waals surface area contributed by atoms with Crippen molar-refractivity contribution in [1.82, 2.24) is 4.57 Å². The van der Waals surface area contributed by atoms with Crippen LogP contribution in [0.1, 0.15) is 16.7 Å².